The molecule has 8 heteroatoms. The van der Waals surface area contributed by atoms with Crippen molar-refractivity contribution in [2.24, 2.45) is 0 Å². The molecule has 1 aromatic carbocycles. The van der Waals surface area contributed by atoms with E-state index in [2.05, 4.69) is 10.6 Å². The number of methoxy groups -OCH3 is 1. The molecule has 0 radical (unpaired) electrons. The van der Waals surface area contributed by atoms with Crippen molar-refractivity contribution in [3.63, 3.8) is 0 Å². The third-order valence-corrected chi connectivity index (χ3v) is 5.00. The molecule has 26 heavy (non-hydrogen) atoms. The van der Waals surface area contributed by atoms with Gasteiger partial charge in [0.15, 0.2) is 11.5 Å². The first kappa shape index (κ1) is 18.2. The zero-order valence-corrected chi connectivity index (χ0v) is 15.4. The van der Waals surface area contributed by atoms with Gasteiger partial charge in [-0.15, -0.1) is 11.3 Å². The van der Waals surface area contributed by atoms with E-state index in [0.29, 0.717) is 11.5 Å². The zero-order valence-electron chi connectivity index (χ0n) is 14.5. The van der Waals surface area contributed by atoms with Crippen LogP contribution in [-0.4, -0.2) is 32.3 Å². The second kappa shape index (κ2) is 8.20. The first-order valence-electron chi connectivity index (χ1n) is 8.10. The van der Waals surface area contributed by atoms with Gasteiger partial charge in [0.25, 0.3) is 0 Å². The molecule has 1 unspecified atom stereocenters. The Bertz CT molecular complexity index is 805. The number of fused-ring (bicyclic) bond motifs is 1. The van der Waals surface area contributed by atoms with Crippen LogP contribution in [0.5, 0.6) is 11.5 Å². The molecule has 138 valence electrons. The highest BCUT2D eigenvalue weighted by Crippen LogP contribution is 2.32. The van der Waals surface area contributed by atoms with E-state index in [9.17, 15) is 9.59 Å². The second-order valence-corrected chi connectivity index (χ2v) is 7.07. The molecule has 3 rings (SSSR count). The summed E-state index contributed by atoms with van der Waals surface area (Å²) in [6.45, 7) is 2.65. The van der Waals surface area contributed by atoms with E-state index in [1.54, 1.807) is 30.6 Å². The number of benzene rings is 1. The van der Waals surface area contributed by atoms with Crippen LogP contribution in [0, 0.1) is 6.92 Å². The number of amides is 2. The molecular weight excluding hydrogens is 356 g/mol. The summed E-state index contributed by atoms with van der Waals surface area (Å²) in [5.74, 6) is -0.0800. The third kappa shape index (κ3) is 4.33. The van der Waals surface area contributed by atoms with E-state index in [1.807, 2.05) is 25.1 Å². The average Bonchev–Trinajstić information content (AvgIpc) is 3.28. The fourth-order valence-corrected chi connectivity index (χ4v) is 3.46. The summed E-state index contributed by atoms with van der Waals surface area (Å²) in [5, 5.41) is 5.20. The van der Waals surface area contributed by atoms with Crippen LogP contribution in [0.4, 0.5) is 0 Å². The molecule has 0 aliphatic carbocycles. The minimum atomic E-state index is -0.695. The molecule has 0 fully saturated rings. The quantitative estimate of drug-likeness (QED) is 0.752. The van der Waals surface area contributed by atoms with Gasteiger partial charge in [-0.2, -0.15) is 0 Å². The highest BCUT2D eigenvalue weighted by molar-refractivity contribution is 7.12. The predicted molar refractivity (Wildman–Crippen MR) is 96.2 cm³/mol. The van der Waals surface area contributed by atoms with Crippen molar-refractivity contribution < 1.29 is 23.8 Å². The number of carbonyl (C=O) groups excluding carboxylic acids is 2. The van der Waals surface area contributed by atoms with Crippen LogP contribution in [0.2, 0.25) is 0 Å². The SMILES string of the molecule is COC(CNC(=O)C(=O)NCc1ccc2c(c1)OCO2)c1ccc(C)s1. The summed E-state index contributed by atoms with van der Waals surface area (Å²) < 4.78 is 15.9. The number of aryl methyl sites for hydroxylation is 1. The van der Waals surface area contributed by atoms with Gasteiger partial charge in [-0.25, -0.2) is 0 Å². The van der Waals surface area contributed by atoms with Crippen LogP contribution < -0.4 is 20.1 Å². The van der Waals surface area contributed by atoms with Crippen molar-refractivity contribution >= 4 is 23.2 Å². The Kier molecular flexibility index (Phi) is 5.75. The summed E-state index contributed by atoms with van der Waals surface area (Å²) in [5.41, 5.74) is 0.819. The lowest BCUT2D eigenvalue weighted by Gasteiger charge is -2.14. The van der Waals surface area contributed by atoms with E-state index in [4.69, 9.17) is 14.2 Å². The zero-order chi connectivity index (χ0) is 18.5. The predicted octanol–water partition coefficient (Wildman–Crippen LogP) is 1.91. The smallest absolute Gasteiger partial charge is 0.309 e. The van der Waals surface area contributed by atoms with Gasteiger partial charge in [0, 0.05) is 30.0 Å². The minimum absolute atomic E-state index is 0.192. The van der Waals surface area contributed by atoms with Crippen LogP contribution in [-0.2, 0) is 20.9 Å². The molecule has 0 saturated carbocycles. The topological polar surface area (TPSA) is 85.9 Å². The standard InChI is InChI=1S/C18H20N2O5S/c1-11-3-6-16(26-11)15(23-2)9-20-18(22)17(21)19-8-12-4-5-13-14(7-12)25-10-24-13/h3-7,15H,8-10H2,1-2H3,(H,19,21)(H,20,22). The molecule has 0 saturated heterocycles. The molecule has 0 spiro atoms. The summed E-state index contributed by atoms with van der Waals surface area (Å²) in [4.78, 5) is 26.1. The maximum atomic E-state index is 12.0. The van der Waals surface area contributed by atoms with E-state index in [1.165, 1.54) is 0 Å². The molecule has 2 amide bonds. The lowest BCUT2D eigenvalue weighted by Crippen LogP contribution is -2.41. The summed E-state index contributed by atoms with van der Waals surface area (Å²) >= 11 is 1.60. The van der Waals surface area contributed by atoms with Gasteiger partial charge in [0.1, 0.15) is 6.10 Å². The van der Waals surface area contributed by atoms with Crippen LogP contribution in [0.1, 0.15) is 21.4 Å². The highest BCUT2D eigenvalue weighted by Gasteiger charge is 2.18. The molecule has 1 aromatic heterocycles. The molecule has 1 atom stereocenters. The molecule has 0 bridgehead atoms. The number of hydrogen-bond acceptors (Lipinski definition) is 6. The number of hydrogen-bond donors (Lipinski definition) is 2. The van der Waals surface area contributed by atoms with Crippen molar-refractivity contribution in [2.45, 2.75) is 19.6 Å². The van der Waals surface area contributed by atoms with E-state index >= 15 is 0 Å². The van der Waals surface area contributed by atoms with Crippen molar-refractivity contribution in [3.05, 3.63) is 45.6 Å². The number of nitrogens with one attached hydrogen (secondary N) is 2. The van der Waals surface area contributed by atoms with Gasteiger partial charge in [-0.1, -0.05) is 6.07 Å². The fraction of sp³-hybridized carbons (Fsp3) is 0.333. The third-order valence-electron chi connectivity index (χ3n) is 3.91. The van der Waals surface area contributed by atoms with Crippen LogP contribution >= 0.6 is 11.3 Å². The maximum Gasteiger partial charge on any atom is 0.309 e. The largest absolute Gasteiger partial charge is 0.454 e. The van der Waals surface area contributed by atoms with Gasteiger partial charge >= 0.3 is 11.8 Å². The van der Waals surface area contributed by atoms with E-state index in [0.717, 1.165) is 15.3 Å². The second-order valence-electron chi connectivity index (χ2n) is 5.75. The first-order valence-corrected chi connectivity index (χ1v) is 8.92. The van der Waals surface area contributed by atoms with Crippen molar-refractivity contribution in [3.8, 4) is 11.5 Å². The van der Waals surface area contributed by atoms with Gasteiger partial charge in [-0.3, -0.25) is 9.59 Å². The molecule has 7 nitrogen and oxygen atoms in total. The van der Waals surface area contributed by atoms with Gasteiger partial charge < -0.3 is 24.8 Å². The lowest BCUT2D eigenvalue weighted by atomic mass is 10.2. The van der Waals surface area contributed by atoms with Gasteiger partial charge in [0.05, 0.1) is 0 Å². The van der Waals surface area contributed by atoms with Crippen molar-refractivity contribution in [1.29, 1.82) is 0 Å². The van der Waals surface area contributed by atoms with Crippen LogP contribution in [0.25, 0.3) is 0 Å². The van der Waals surface area contributed by atoms with Gasteiger partial charge in [-0.05, 0) is 36.8 Å². The summed E-state index contributed by atoms with van der Waals surface area (Å²) in [6.07, 6.45) is -0.278. The Balaban J connectivity index is 1.47. The normalized spacial score (nSPS) is 13.3. The van der Waals surface area contributed by atoms with Crippen LogP contribution in [0.3, 0.4) is 0 Å². The number of carbonyl (C=O) groups is 2. The summed E-state index contributed by atoms with van der Waals surface area (Å²) in [6, 6.07) is 9.31. The lowest BCUT2D eigenvalue weighted by molar-refractivity contribution is -0.139. The Morgan fingerprint density at radius 1 is 1.15 bits per heavy atom. The number of rotatable bonds is 6. The Labute approximate surface area is 155 Å². The number of thiophene rings is 1. The van der Waals surface area contributed by atoms with E-state index in [-0.39, 0.29) is 26.0 Å². The van der Waals surface area contributed by atoms with Crippen molar-refractivity contribution in [2.75, 3.05) is 20.4 Å². The van der Waals surface area contributed by atoms with E-state index < -0.39 is 11.8 Å². The molecule has 2 heterocycles. The Morgan fingerprint density at radius 2 is 1.92 bits per heavy atom. The van der Waals surface area contributed by atoms with Gasteiger partial charge in [0.2, 0.25) is 6.79 Å². The average molecular weight is 376 g/mol. The Morgan fingerprint density at radius 3 is 2.65 bits per heavy atom. The van der Waals surface area contributed by atoms with Crippen LogP contribution in [0.15, 0.2) is 30.3 Å². The van der Waals surface area contributed by atoms with Crippen molar-refractivity contribution in [1.82, 2.24) is 10.6 Å². The fourth-order valence-electron chi connectivity index (χ4n) is 2.51. The molecular formula is C18H20N2O5S. The highest BCUT2D eigenvalue weighted by atomic mass is 32.1. The number of ether oxygens (including phenoxy) is 3. The first-order chi connectivity index (χ1) is 12.6. The monoisotopic (exact) mass is 376 g/mol. The maximum absolute atomic E-state index is 12.0. The molecule has 2 aromatic rings. The molecule has 1 aliphatic rings. The molecule has 2 N–H and O–H groups in total. The molecule has 1 aliphatic heterocycles. The minimum Gasteiger partial charge on any atom is -0.454 e. The summed E-state index contributed by atoms with van der Waals surface area (Å²) in [7, 11) is 1.57. The Hall–Kier alpha value is -2.58.